The van der Waals surface area contributed by atoms with Gasteiger partial charge in [0.05, 0.1) is 6.10 Å². The van der Waals surface area contributed by atoms with Crippen molar-refractivity contribution in [1.82, 2.24) is 10.2 Å². The summed E-state index contributed by atoms with van der Waals surface area (Å²) in [4.78, 5) is 7.26. The Morgan fingerprint density at radius 2 is 2.08 bits per heavy atom. The maximum Gasteiger partial charge on any atom is 0.193 e. The summed E-state index contributed by atoms with van der Waals surface area (Å²) in [5.41, 5.74) is 0. The van der Waals surface area contributed by atoms with Gasteiger partial charge in [0, 0.05) is 46.0 Å². The van der Waals surface area contributed by atoms with Crippen LogP contribution in [0.4, 0.5) is 0 Å². The van der Waals surface area contributed by atoms with Crippen LogP contribution < -0.4 is 5.32 Å². The molecule has 0 amide bonds. The fourth-order valence-electron chi connectivity index (χ4n) is 3.65. The number of hydrogen-bond acceptors (Lipinski definition) is 3. The lowest BCUT2D eigenvalue weighted by atomic mass is 9.97. The van der Waals surface area contributed by atoms with Crippen LogP contribution in [0.5, 0.6) is 0 Å². The molecule has 0 spiro atoms. The van der Waals surface area contributed by atoms with E-state index in [-0.39, 0.29) is 0 Å². The topological polar surface area (TPSA) is 46.1 Å². The monoisotopic (exact) mass is 339 g/mol. The van der Waals surface area contributed by atoms with Gasteiger partial charge in [-0.1, -0.05) is 13.8 Å². The molecule has 2 aliphatic heterocycles. The Hall–Kier alpha value is -0.810. The molecule has 2 rings (SSSR count). The van der Waals surface area contributed by atoms with Crippen molar-refractivity contribution in [3.8, 4) is 0 Å². The number of hydrogen-bond donors (Lipinski definition) is 1. The zero-order valence-electron chi connectivity index (χ0n) is 15.9. The highest BCUT2D eigenvalue weighted by Crippen LogP contribution is 2.23. The van der Waals surface area contributed by atoms with Gasteiger partial charge in [-0.2, -0.15) is 0 Å². The molecule has 0 bridgehead atoms. The summed E-state index contributed by atoms with van der Waals surface area (Å²) < 4.78 is 11.3. The highest BCUT2D eigenvalue weighted by Gasteiger charge is 2.25. The second-order valence-electron chi connectivity index (χ2n) is 7.50. The van der Waals surface area contributed by atoms with Gasteiger partial charge >= 0.3 is 0 Å². The van der Waals surface area contributed by atoms with Crippen molar-refractivity contribution < 1.29 is 9.47 Å². The molecule has 140 valence electrons. The summed E-state index contributed by atoms with van der Waals surface area (Å²) in [6, 6.07) is 0. The van der Waals surface area contributed by atoms with Crippen molar-refractivity contribution in [2.75, 3.05) is 46.0 Å². The molecule has 2 aliphatic rings. The van der Waals surface area contributed by atoms with Crippen LogP contribution in [-0.4, -0.2) is 63.0 Å². The maximum atomic E-state index is 5.93. The number of guanidine groups is 1. The molecule has 5 nitrogen and oxygen atoms in total. The minimum Gasteiger partial charge on any atom is -0.381 e. The highest BCUT2D eigenvalue weighted by molar-refractivity contribution is 5.80. The van der Waals surface area contributed by atoms with Gasteiger partial charge in [0.15, 0.2) is 5.96 Å². The van der Waals surface area contributed by atoms with Crippen LogP contribution >= 0.6 is 0 Å². The molecule has 5 heteroatoms. The Labute approximate surface area is 148 Å². The number of nitrogens with zero attached hydrogens (tertiary/aromatic N) is 2. The molecule has 2 heterocycles. The van der Waals surface area contributed by atoms with Crippen LogP contribution in [0.2, 0.25) is 0 Å². The van der Waals surface area contributed by atoms with Gasteiger partial charge in [-0.05, 0) is 50.9 Å². The van der Waals surface area contributed by atoms with E-state index < -0.39 is 0 Å². The standard InChI is InChI=1S/C19H37N3O2/c1-4-20-19(22-10-6-17(15-22)14-16(2)3)21-9-5-11-24-18-7-12-23-13-8-18/h16-18H,4-15H2,1-3H3,(H,20,21). The molecule has 1 unspecified atom stereocenters. The quantitative estimate of drug-likeness (QED) is 0.420. The first-order valence-corrected chi connectivity index (χ1v) is 9.91. The average Bonchev–Trinajstić information content (AvgIpc) is 3.02. The third-order valence-corrected chi connectivity index (χ3v) is 4.81. The molecular weight excluding hydrogens is 302 g/mol. The number of nitrogens with one attached hydrogen (secondary N) is 1. The fourth-order valence-corrected chi connectivity index (χ4v) is 3.65. The van der Waals surface area contributed by atoms with Crippen LogP contribution in [0.25, 0.3) is 0 Å². The Bertz CT molecular complexity index is 368. The minimum atomic E-state index is 0.395. The van der Waals surface area contributed by atoms with E-state index in [4.69, 9.17) is 14.5 Å². The Kier molecular flexibility index (Phi) is 8.89. The first kappa shape index (κ1) is 19.5. The molecule has 0 aromatic heterocycles. The molecule has 0 saturated carbocycles. The van der Waals surface area contributed by atoms with Gasteiger partial charge < -0.3 is 19.7 Å². The van der Waals surface area contributed by atoms with Crippen LogP contribution in [-0.2, 0) is 9.47 Å². The third-order valence-electron chi connectivity index (χ3n) is 4.81. The van der Waals surface area contributed by atoms with Crippen LogP contribution in [0.3, 0.4) is 0 Å². The van der Waals surface area contributed by atoms with Crippen molar-refractivity contribution in [3.05, 3.63) is 0 Å². The van der Waals surface area contributed by atoms with Crippen molar-refractivity contribution in [1.29, 1.82) is 0 Å². The zero-order valence-corrected chi connectivity index (χ0v) is 15.9. The van der Waals surface area contributed by atoms with E-state index in [2.05, 4.69) is 31.0 Å². The number of rotatable bonds is 8. The summed E-state index contributed by atoms with van der Waals surface area (Å²) in [5.74, 6) is 2.71. The zero-order chi connectivity index (χ0) is 17.2. The van der Waals surface area contributed by atoms with Gasteiger partial charge in [-0.3, -0.25) is 4.99 Å². The van der Waals surface area contributed by atoms with Crippen molar-refractivity contribution in [3.63, 3.8) is 0 Å². The third kappa shape index (κ3) is 6.98. The predicted molar refractivity (Wildman–Crippen MR) is 99.5 cm³/mol. The van der Waals surface area contributed by atoms with E-state index >= 15 is 0 Å². The highest BCUT2D eigenvalue weighted by atomic mass is 16.5. The molecule has 2 fully saturated rings. The van der Waals surface area contributed by atoms with Gasteiger partial charge in [0.25, 0.3) is 0 Å². The van der Waals surface area contributed by atoms with Gasteiger partial charge in [-0.15, -0.1) is 0 Å². The second kappa shape index (κ2) is 10.9. The van der Waals surface area contributed by atoms with E-state index in [1.165, 1.54) is 12.8 Å². The smallest absolute Gasteiger partial charge is 0.193 e. The van der Waals surface area contributed by atoms with Crippen molar-refractivity contribution >= 4 is 5.96 Å². The lowest BCUT2D eigenvalue weighted by Gasteiger charge is -2.23. The van der Waals surface area contributed by atoms with Crippen LogP contribution in [0.1, 0.15) is 52.9 Å². The summed E-state index contributed by atoms with van der Waals surface area (Å²) in [6.07, 6.45) is 6.10. The Balaban J connectivity index is 1.68. The number of aliphatic imine (C=N–C) groups is 1. The Morgan fingerprint density at radius 3 is 2.79 bits per heavy atom. The van der Waals surface area contributed by atoms with Gasteiger partial charge in [0.2, 0.25) is 0 Å². The van der Waals surface area contributed by atoms with E-state index in [1.807, 2.05) is 0 Å². The van der Waals surface area contributed by atoms with E-state index in [1.54, 1.807) is 0 Å². The maximum absolute atomic E-state index is 5.93. The number of ether oxygens (including phenoxy) is 2. The SMILES string of the molecule is CCNC(=NCCCOC1CCOCC1)N1CCC(CC(C)C)C1. The van der Waals surface area contributed by atoms with Crippen molar-refractivity contribution in [2.45, 2.75) is 59.0 Å². The molecular formula is C19H37N3O2. The lowest BCUT2D eigenvalue weighted by molar-refractivity contribution is -0.0318. The first-order valence-electron chi connectivity index (χ1n) is 9.91. The average molecular weight is 340 g/mol. The lowest BCUT2D eigenvalue weighted by Crippen LogP contribution is -2.40. The van der Waals surface area contributed by atoms with E-state index in [9.17, 15) is 0 Å². The second-order valence-corrected chi connectivity index (χ2v) is 7.50. The summed E-state index contributed by atoms with van der Waals surface area (Å²) >= 11 is 0. The number of likely N-dealkylation sites (tertiary alicyclic amines) is 1. The van der Waals surface area contributed by atoms with Gasteiger partial charge in [-0.25, -0.2) is 0 Å². The molecule has 2 saturated heterocycles. The van der Waals surface area contributed by atoms with Crippen LogP contribution in [0.15, 0.2) is 4.99 Å². The van der Waals surface area contributed by atoms with E-state index in [0.29, 0.717) is 6.10 Å². The molecule has 24 heavy (non-hydrogen) atoms. The predicted octanol–water partition coefficient (Wildman–Crippen LogP) is 2.91. The van der Waals surface area contributed by atoms with Crippen LogP contribution in [0, 0.1) is 11.8 Å². The van der Waals surface area contributed by atoms with E-state index in [0.717, 1.165) is 83.1 Å². The summed E-state index contributed by atoms with van der Waals surface area (Å²) in [6.45, 7) is 13.4. The molecule has 0 aromatic rings. The molecule has 0 radical (unpaired) electrons. The Morgan fingerprint density at radius 1 is 1.29 bits per heavy atom. The summed E-state index contributed by atoms with van der Waals surface area (Å²) in [5, 5.41) is 3.46. The first-order chi connectivity index (χ1) is 11.7. The molecule has 1 N–H and O–H groups in total. The van der Waals surface area contributed by atoms with Gasteiger partial charge in [0.1, 0.15) is 0 Å². The molecule has 0 aliphatic carbocycles. The molecule has 1 atom stereocenters. The summed E-state index contributed by atoms with van der Waals surface area (Å²) in [7, 11) is 0. The fraction of sp³-hybridized carbons (Fsp3) is 0.947. The molecule has 0 aromatic carbocycles. The minimum absolute atomic E-state index is 0.395. The normalized spacial score (nSPS) is 23.2. The van der Waals surface area contributed by atoms with Crippen molar-refractivity contribution in [2.24, 2.45) is 16.8 Å². The largest absolute Gasteiger partial charge is 0.381 e.